The van der Waals surface area contributed by atoms with Crippen molar-refractivity contribution in [3.63, 3.8) is 0 Å². The Kier molecular flexibility index (Phi) is 4.85. The monoisotopic (exact) mass is 350 g/mol. The number of benzene rings is 2. The highest BCUT2D eigenvalue weighted by Crippen LogP contribution is 2.20. The van der Waals surface area contributed by atoms with Gasteiger partial charge in [0.2, 0.25) is 0 Å². The van der Waals surface area contributed by atoms with Gasteiger partial charge in [0.25, 0.3) is 5.91 Å². The molecule has 0 aliphatic heterocycles. The lowest BCUT2D eigenvalue weighted by molar-refractivity contribution is 0.102. The SMILES string of the molecule is N#Cc1cccc(Nc2cncc(C(=O)Nc3ccc(F)cc3F)c2)c1. The summed E-state index contributed by atoms with van der Waals surface area (Å²) in [5.41, 5.74) is 1.73. The number of halogens is 2. The Hall–Kier alpha value is -3.79. The second kappa shape index (κ2) is 7.40. The molecule has 7 heteroatoms. The van der Waals surface area contributed by atoms with Gasteiger partial charge in [-0.05, 0) is 36.4 Å². The molecule has 1 heterocycles. The van der Waals surface area contributed by atoms with E-state index in [0.717, 1.165) is 12.1 Å². The highest BCUT2D eigenvalue weighted by atomic mass is 19.1. The van der Waals surface area contributed by atoms with Crippen LogP contribution in [0.15, 0.2) is 60.9 Å². The predicted octanol–water partition coefficient (Wildman–Crippen LogP) is 4.23. The van der Waals surface area contributed by atoms with Crippen molar-refractivity contribution in [1.29, 1.82) is 5.26 Å². The zero-order valence-corrected chi connectivity index (χ0v) is 13.3. The summed E-state index contributed by atoms with van der Waals surface area (Å²) in [6.45, 7) is 0. The molecule has 0 radical (unpaired) electrons. The van der Waals surface area contributed by atoms with E-state index in [2.05, 4.69) is 15.6 Å². The van der Waals surface area contributed by atoms with Crippen molar-refractivity contribution in [3.05, 3.63) is 83.7 Å². The van der Waals surface area contributed by atoms with Crippen LogP contribution in [0.2, 0.25) is 0 Å². The van der Waals surface area contributed by atoms with Crippen molar-refractivity contribution in [2.24, 2.45) is 0 Å². The number of nitrogens with zero attached hydrogens (tertiary/aromatic N) is 2. The number of nitrogens with one attached hydrogen (secondary N) is 2. The molecule has 26 heavy (non-hydrogen) atoms. The maximum absolute atomic E-state index is 13.7. The van der Waals surface area contributed by atoms with E-state index in [4.69, 9.17) is 5.26 Å². The molecule has 2 aromatic carbocycles. The van der Waals surface area contributed by atoms with Gasteiger partial charge in [0.1, 0.15) is 11.6 Å². The van der Waals surface area contributed by atoms with Crippen LogP contribution >= 0.6 is 0 Å². The first kappa shape index (κ1) is 17.0. The van der Waals surface area contributed by atoms with E-state index >= 15 is 0 Å². The second-order valence-corrected chi connectivity index (χ2v) is 5.36. The third-order valence-corrected chi connectivity index (χ3v) is 3.46. The largest absolute Gasteiger partial charge is 0.354 e. The molecule has 0 atom stereocenters. The fourth-order valence-electron chi connectivity index (χ4n) is 2.25. The first-order valence-electron chi connectivity index (χ1n) is 7.54. The lowest BCUT2D eigenvalue weighted by Gasteiger charge is -2.09. The number of anilines is 3. The Labute approximate surface area is 147 Å². The summed E-state index contributed by atoms with van der Waals surface area (Å²) in [6, 6.07) is 13.3. The average Bonchev–Trinajstić information content (AvgIpc) is 2.64. The van der Waals surface area contributed by atoms with Gasteiger partial charge in [-0.1, -0.05) is 6.07 Å². The smallest absolute Gasteiger partial charge is 0.257 e. The van der Waals surface area contributed by atoms with Crippen LogP contribution in [0.1, 0.15) is 15.9 Å². The molecule has 0 spiro atoms. The van der Waals surface area contributed by atoms with Crippen LogP contribution in [0.5, 0.6) is 0 Å². The van der Waals surface area contributed by atoms with Gasteiger partial charge < -0.3 is 10.6 Å². The molecule has 0 saturated heterocycles. The minimum Gasteiger partial charge on any atom is -0.354 e. The van der Waals surface area contributed by atoms with Crippen LogP contribution in [0.25, 0.3) is 0 Å². The van der Waals surface area contributed by atoms with E-state index in [1.807, 2.05) is 6.07 Å². The van der Waals surface area contributed by atoms with E-state index in [-0.39, 0.29) is 11.3 Å². The predicted molar refractivity (Wildman–Crippen MR) is 93.0 cm³/mol. The zero-order chi connectivity index (χ0) is 18.5. The van der Waals surface area contributed by atoms with E-state index in [9.17, 15) is 13.6 Å². The summed E-state index contributed by atoms with van der Waals surface area (Å²) in [5.74, 6) is -2.18. The Morgan fingerprint density at radius 1 is 1.04 bits per heavy atom. The number of pyridine rings is 1. The van der Waals surface area contributed by atoms with Gasteiger partial charge in [-0.3, -0.25) is 9.78 Å². The molecule has 128 valence electrons. The topological polar surface area (TPSA) is 77.8 Å². The zero-order valence-electron chi connectivity index (χ0n) is 13.3. The van der Waals surface area contributed by atoms with Crippen LogP contribution in [-0.4, -0.2) is 10.9 Å². The van der Waals surface area contributed by atoms with E-state index in [0.29, 0.717) is 23.0 Å². The van der Waals surface area contributed by atoms with E-state index in [1.165, 1.54) is 18.5 Å². The number of hydrogen-bond donors (Lipinski definition) is 2. The summed E-state index contributed by atoms with van der Waals surface area (Å²) < 4.78 is 26.6. The van der Waals surface area contributed by atoms with Crippen LogP contribution in [0.3, 0.4) is 0 Å². The van der Waals surface area contributed by atoms with E-state index in [1.54, 1.807) is 24.3 Å². The van der Waals surface area contributed by atoms with Crippen molar-refractivity contribution < 1.29 is 13.6 Å². The maximum Gasteiger partial charge on any atom is 0.257 e. The molecule has 0 aliphatic rings. The number of rotatable bonds is 4. The van der Waals surface area contributed by atoms with Gasteiger partial charge in [-0.25, -0.2) is 8.78 Å². The van der Waals surface area contributed by atoms with Crippen LogP contribution in [-0.2, 0) is 0 Å². The summed E-state index contributed by atoms with van der Waals surface area (Å²) in [4.78, 5) is 16.3. The van der Waals surface area contributed by atoms with Gasteiger partial charge in [0, 0.05) is 18.0 Å². The molecule has 1 aromatic heterocycles. The standard InChI is InChI=1S/C19H12F2N4O/c20-14-4-5-18(17(21)8-14)25-19(26)13-7-16(11-23-10-13)24-15-3-1-2-12(6-15)9-22/h1-8,10-11,24H,(H,25,26). The second-order valence-electron chi connectivity index (χ2n) is 5.36. The van der Waals surface area contributed by atoms with Crippen molar-refractivity contribution >= 4 is 23.0 Å². The lowest BCUT2D eigenvalue weighted by Crippen LogP contribution is -2.13. The molecule has 0 bridgehead atoms. The number of carbonyl (C=O) groups excluding carboxylic acids is 1. The van der Waals surface area contributed by atoms with Crippen molar-refractivity contribution in [3.8, 4) is 6.07 Å². The Balaban J connectivity index is 1.78. The molecule has 3 aromatic rings. The molecule has 0 unspecified atom stereocenters. The molecular weight excluding hydrogens is 338 g/mol. The minimum atomic E-state index is -0.867. The van der Waals surface area contributed by atoms with Crippen LogP contribution < -0.4 is 10.6 Å². The first-order valence-corrected chi connectivity index (χ1v) is 7.54. The summed E-state index contributed by atoms with van der Waals surface area (Å²) in [6.07, 6.45) is 2.84. The van der Waals surface area contributed by atoms with Crippen LogP contribution in [0.4, 0.5) is 25.8 Å². The molecule has 5 nitrogen and oxygen atoms in total. The number of aromatic nitrogens is 1. The molecule has 0 fully saturated rings. The molecule has 1 amide bonds. The van der Waals surface area contributed by atoms with Gasteiger partial charge in [0.15, 0.2) is 0 Å². The molecular formula is C19H12F2N4O. The molecule has 0 aliphatic carbocycles. The molecule has 2 N–H and O–H groups in total. The highest BCUT2D eigenvalue weighted by molar-refractivity contribution is 6.04. The lowest BCUT2D eigenvalue weighted by atomic mass is 10.2. The van der Waals surface area contributed by atoms with Crippen molar-refractivity contribution in [2.75, 3.05) is 10.6 Å². The van der Waals surface area contributed by atoms with Gasteiger partial charge in [-0.2, -0.15) is 5.26 Å². The third kappa shape index (κ3) is 3.99. The molecule has 0 saturated carbocycles. The fourth-order valence-corrected chi connectivity index (χ4v) is 2.25. The Morgan fingerprint density at radius 2 is 1.88 bits per heavy atom. The quantitative estimate of drug-likeness (QED) is 0.738. The van der Waals surface area contributed by atoms with Gasteiger partial charge in [0.05, 0.1) is 34.8 Å². The summed E-state index contributed by atoms with van der Waals surface area (Å²) in [7, 11) is 0. The van der Waals surface area contributed by atoms with Gasteiger partial charge in [-0.15, -0.1) is 0 Å². The number of carbonyl (C=O) groups is 1. The Morgan fingerprint density at radius 3 is 2.65 bits per heavy atom. The summed E-state index contributed by atoms with van der Waals surface area (Å²) >= 11 is 0. The summed E-state index contributed by atoms with van der Waals surface area (Å²) in [5, 5.41) is 14.3. The molecule has 3 rings (SSSR count). The van der Waals surface area contributed by atoms with Crippen molar-refractivity contribution in [1.82, 2.24) is 4.98 Å². The van der Waals surface area contributed by atoms with E-state index < -0.39 is 17.5 Å². The number of amides is 1. The Bertz CT molecular complexity index is 1010. The van der Waals surface area contributed by atoms with Crippen molar-refractivity contribution in [2.45, 2.75) is 0 Å². The van der Waals surface area contributed by atoms with Crippen LogP contribution in [0, 0.1) is 23.0 Å². The third-order valence-electron chi connectivity index (χ3n) is 3.46. The maximum atomic E-state index is 13.7. The normalized spacial score (nSPS) is 10.0. The average molecular weight is 350 g/mol. The van der Waals surface area contributed by atoms with Gasteiger partial charge >= 0.3 is 0 Å². The number of hydrogen-bond acceptors (Lipinski definition) is 4. The fraction of sp³-hybridized carbons (Fsp3) is 0. The number of nitriles is 1. The highest BCUT2D eigenvalue weighted by Gasteiger charge is 2.11. The minimum absolute atomic E-state index is 0.128. The first-order chi connectivity index (χ1) is 12.5.